The van der Waals surface area contributed by atoms with Gasteiger partial charge in [-0.05, 0) is 42.2 Å². The van der Waals surface area contributed by atoms with Crippen LogP contribution in [0.15, 0.2) is 47.9 Å². The van der Waals surface area contributed by atoms with Crippen molar-refractivity contribution in [2.75, 3.05) is 13.1 Å². The first-order chi connectivity index (χ1) is 15.8. The van der Waals surface area contributed by atoms with E-state index in [1.165, 1.54) is 22.0 Å². The molecule has 3 aliphatic rings. The van der Waals surface area contributed by atoms with Crippen LogP contribution < -0.4 is 5.43 Å². The van der Waals surface area contributed by atoms with Gasteiger partial charge >= 0.3 is 0 Å². The average molecular weight is 461 g/mol. The summed E-state index contributed by atoms with van der Waals surface area (Å²) in [6.45, 7) is 0.0530. The van der Waals surface area contributed by atoms with Crippen LogP contribution in [0.1, 0.15) is 29.9 Å². The first-order valence-corrected chi connectivity index (χ1v) is 10.5. The van der Waals surface area contributed by atoms with Gasteiger partial charge in [-0.25, -0.2) is 23.0 Å². The molecule has 0 saturated carbocycles. The van der Waals surface area contributed by atoms with Crippen LogP contribution in [-0.4, -0.2) is 51.9 Å². The number of hydrogen-bond donors (Lipinski definition) is 2. The van der Waals surface area contributed by atoms with Crippen LogP contribution in [0, 0.1) is 23.3 Å². The topological polar surface area (TPSA) is 72.9 Å². The SMILES string of the molecule is O=C1CNN2C(=C1O)C(=O)N1CCC[C@@H]1[C@@H]2C(c1ccc(F)c(F)c1)c1ccc(F)cc1F. The molecule has 0 spiro atoms. The molecule has 2 saturated heterocycles. The molecular weight excluding hydrogens is 442 g/mol. The van der Waals surface area contributed by atoms with Crippen molar-refractivity contribution in [2.24, 2.45) is 0 Å². The summed E-state index contributed by atoms with van der Waals surface area (Å²) in [4.78, 5) is 26.7. The minimum Gasteiger partial charge on any atom is -0.503 e. The molecule has 0 aliphatic carbocycles. The van der Waals surface area contributed by atoms with Crippen molar-refractivity contribution in [3.63, 3.8) is 0 Å². The first kappa shape index (κ1) is 21.4. The Kier molecular flexibility index (Phi) is 5.12. The quantitative estimate of drug-likeness (QED) is 0.688. The third-order valence-electron chi connectivity index (χ3n) is 6.54. The Balaban J connectivity index is 1.74. The second-order valence-electron chi connectivity index (χ2n) is 8.34. The van der Waals surface area contributed by atoms with Crippen LogP contribution in [0.25, 0.3) is 0 Å². The molecule has 3 heterocycles. The summed E-state index contributed by atoms with van der Waals surface area (Å²) in [7, 11) is 0. The number of carbonyl (C=O) groups excluding carboxylic acids is 2. The number of piperazine rings is 1. The zero-order valence-corrected chi connectivity index (χ0v) is 17.2. The predicted molar refractivity (Wildman–Crippen MR) is 108 cm³/mol. The van der Waals surface area contributed by atoms with Gasteiger partial charge in [0.1, 0.15) is 11.6 Å². The largest absolute Gasteiger partial charge is 0.503 e. The number of nitrogens with one attached hydrogen (secondary N) is 1. The average Bonchev–Trinajstić information content (AvgIpc) is 3.26. The van der Waals surface area contributed by atoms with Gasteiger partial charge in [0.15, 0.2) is 23.1 Å². The molecule has 10 heteroatoms. The van der Waals surface area contributed by atoms with Crippen LogP contribution in [0.4, 0.5) is 17.6 Å². The number of rotatable bonds is 3. The van der Waals surface area contributed by atoms with E-state index in [1.807, 2.05) is 0 Å². The molecule has 2 aromatic carbocycles. The molecule has 0 radical (unpaired) electrons. The smallest absolute Gasteiger partial charge is 0.275 e. The number of Topliss-reactive ketones (excluding diaryl/α,β-unsaturated/α-hetero) is 1. The maximum Gasteiger partial charge on any atom is 0.275 e. The van der Waals surface area contributed by atoms with Gasteiger partial charge in [0.2, 0.25) is 5.78 Å². The molecule has 1 unspecified atom stereocenters. The minimum absolute atomic E-state index is 0.00569. The van der Waals surface area contributed by atoms with Gasteiger partial charge in [-0.3, -0.25) is 14.6 Å². The van der Waals surface area contributed by atoms with E-state index in [9.17, 15) is 27.9 Å². The van der Waals surface area contributed by atoms with Crippen LogP contribution in [0.5, 0.6) is 0 Å². The standard InChI is InChI=1S/C23H19F4N3O3/c24-12-4-5-13(15(26)9-12)19(11-3-6-14(25)16(27)8-11)20-17-2-1-7-29(17)23(33)21-22(32)18(31)10-28-30(20)21/h3-6,8-9,17,19-20,28,32H,1-2,7,10H2/t17-,19?,20-/m1/s1. The molecule has 2 aromatic rings. The second-order valence-corrected chi connectivity index (χ2v) is 8.34. The molecule has 1 amide bonds. The Labute approximate surface area is 186 Å². The molecule has 33 heavy (non-hydrogen) atoms. The number of aliphatic hydroxyl groups excluding tert-OH is 1. The number of fused-ring (bicyclic) bond motifs is 2. The molecule has 172 valence electrons. The lowest BCUT2D eigenvalue weighted by Crippen LogP contribution is -2.66. The van der Waals surface area contributed by atoms with Crippen molar-refractivity contribution in [1.82, 2.24) is 15.3 Å². The molecule has 5 rings (SSSR count). The van der Waals surface area contributed by atoms with Gasteiger partial charge in [0.05, 0.1) is 18.6 Å². The second kappa shape index (κ2) is 7.87. The summed E-state index contributed by atoms with van der Waals surface area (Å²) in [5.74, 6) is -6.86. The lowest BCUT2D eigenvalue weighted by atomic mass is 9.78. The normalized spacial score (nSPS) is 23.6. The van der Waals surface area contributed by atoms with Gasteiger partial charge in [-0.2, -0.15) is 0 Å². The number of hydrogen-bond acceptors (Lipinski definition) is 5. The van der Waals surface area contributed by atoms with Gasteiger partial charge in [-0.1, -0.05) is 12.1 Å². The van der Waals surface area contributed by atoms with Crippen LogP contribution >= 0.6 is 0 Å². The number of halogens is 4. The van der Waals surface area contributed by atoms with Crippen molar-refractivity contribution in [3.8, 4) is 0 Å². The van der Waals surface area contributed by atoms with E-state index >= 15 is 4.39 Å². The van der Waals surface area contributed by atoms with Crippen molar-refractivity contribution in [3.05, 3.63) is 82.3 Å². The fraction of sp³-hybridized carbons (Fsp3) is 0.304. The monoisotopic (exact) mass is 461 g/mol. The highest BCUT2D eigenvalue weighted by atomic mass is 19.2. The van der Waals surface area contributed by atoms with Crippen molar-refractivity contribution in [1.29, 1.82) is 0 Å². The van der Waals surface area contributed by atoms with Crippen molar-refractivity contribution in [2.45, 2.75) is 30.8 Å². The van der Waals surface area contributed by atoms with Crippen LogP contribution in [0.2, 0.25) is 0 Å². The molecule has 2 fully saturated rings. The molecule has 2 N–H and O–H groups in total. The Hall–Kier alpha value is -3.40. The van der Waals surface area contributed by atoms with Gasteiger partial charge in [0.25, 0.3) is 5.91 Å². The van der Waals surface area contributed by atoms with Gasteiger partial charge in [0, 0.05) is 18.5 Å². The van der Waals surface area contributed by atoms with Crippen LogP contribution in [0.3, 0.4) is 0 Å². The lowest BCUT2D eigenvalue weighted by molar-refractivity contribution is -0.141. The van der Waals surface area contributed by atoms with Crippen LogP contribution in [-0.2, 0) is 9.59 Å². The summed E-state index contributed by atoms with van der Waals surface area (Å²) in [5, 5.41) is 11.8. The zero-order valence-electron chi connectivity index (χ0n) is 17.2. The maximum absolute atomic E-state index is 15.1. The lowest BCUT2D eigenvalue weighted by Gasteiger charge is -2.50. The highest BCUT2D eigenvalue weighted by molar-refractivity contribution is 6.06. The number of ketones is 1. The highest BCUT2D eigenvalue weighted by Gasteiger charge is 2.52. The molecule has 0 aromatic heterocycles. The van der Waals surface area contributed by atoms with Gasteiger partial charge in [-0.15, -0.1) is 0 Å². The van der Waals surface area contributed by atoms with E-state index < -0.39 is 58.7 Å². The number of aliphatic hydroxyl groups is 1. The number of carbonyl (C=O) groups is 2. The highest BCUT2D eigenvalue weighted by Crippen LogP contribution is 2.43. The third-order valence-corrected chi connectivity index (χ3v) is 6.54. The summed E-state index contributed by atoms with van der Waals surface area (Å²) in [5.41, 5.74) is 2.75. The number of amides is 1. The predicted octanol–water partition coefficient (Wildman–Crippen LogP) is 2.91. The van der Waals surface area contributed by atoms with E-state index in [0.29, 0.717) is 25.5 Å². The number of nitrogens with zero attached hydrogens (tertiary/aromatic N) is 2. The van der Waals surface area contributed by atoms with E-state index in [1.54, 1.807) is 0 Å². The van der Waals surface area contributed by atoms with Gasteiger partial charge < -0.3 is 10.0 Å². The molecule has 6 nitrogen and oxygen atoms in total. The minimum atomic E-state index is -1.14. The Bertz CT molecular complexity index is 1200. The Morgan fingerprint density at radius 3 is 2.52 bits per heavy atom. The molecule has 0 bridgehead atoms. The summed E-state index contributed by atoms with van der Waals surface area (Å²) >= 11 is 0. The fourth-order valence-electron chi connectivity index (χ4n) is 5.12. The molecule has 3 atom stereocenters. The van der Waals surface area contributed by atoms with Crippen molar-refractivity contribution >= 4 is 11.7 Å². The summed E-state index contributed by atoms with van der Waals surface area (Å²) in [6, 6.07) is 4.86. The van der Waals surface area contributed by atoms with E-state index in [2.05, 4.69) is 5.43 Å². The third kappa shape index (κ3) is 3.36. The zero-order chi connectivity index (χ0) is 23.4. The Morgan fingerprint density at radius 2 is 1.79 bits per heavy atom. The number of hydrazine groups is 1. The number of benzene rings is 2. The first-order valence-electron chi connectivity index (χ1n) is 10.5. The molecule has 3 aliphatic heterocycles. The van der Waals surface area contributed by atoms with Crippen molar-refractivity contribution < 1.29 is 32.3 Å². The summed E-state index contributed by atoms with van der Waals surface area (Å²) in [6.07, 6.45) is 1.15. The van der Waals surface area contributed by atoms with E-state index in [4.69, 9.17) is 0 Å². The summed E-state index contributed by atoms with van der Waals surface area (Å²) < 4.78 is 56.7. The molecular formula is C23H19F4N3O3. The van der Waals surface area contributed by atoms with E-state index in [0.717, 1.165) is 18.2 Å². The van der Waals surface area contributed by atoms with E-state index in [-0.39, 0.29) is 23.4 Å². The fourth-order valence-corrected chi connectivity index (χ4v) is 5.12. The Morgan fingerprint density at radius 1 is 1.00 bits per heavy atom. The maximum atomic E-state index is 15.1.